The van der Waals surface area contributed by atoms with E-state index in [2.05, 4.69) is 21.1 Å². The van der Waals surface area contributed by atoms with Gasteiger partial charge in [-0.25, -0.2) is 4.39 Å². The Hall–Kier alpha value is -2.14. The van der Waals surface area contributed by atoms with E-state index in [1.165, 1.54) is 6.07 Å². The summed E-state index contributed by atoms with van der Waals surface area (Å²) in [4.78, 5) is 0. The van der Waals surface area contributed by atoms with Crippen LogP contribution in [0.25, 0.3) is 22.4 Å². The Kier molecular flexibility index (Phi) is 3.51. The summed E-state index contributed by atoms with van der Waals surface area (Å²) >= 11 is 3.54. The Balaban J connectivity index is 2.28. The number of benzene rings is 2. The first-order valence-corrected chi connectivity index (χ1v) is 7.14. The summed E-state index contributed by atoms with van der Waals surface area (Å²) < 4.78 is 20.1. The first-order valence-electron chi connectivity index (χ1n) is 6.35. The van der Waals surface area contributed by atoms with Gasteiger partial charge in [-0.15, -0.1) is 0 Å². The number of anilines is 1. The van der Waals surface area contributed by atoms with Gasteiger partial charge in [-0.3, -0.25) is 0 Å². The average Bonchev–Trinajstić information content (AvgIpc) is 2.84. The molecule has 0 radical (unpaired) electrons. The maximum absolute atomic E-state index is 14.1. The highest BCUT2D eigenvalue weighted by Crippen LogP contribution is 2.40. The highest BCUT2D eigenvalue weighted by Gasteiger charge is 2.21. The summed E-state index contributed by atoms with van der Waals surface area (Å²) in [6, 6.07) is 12.2. The van der Waals surface area contributed by atoms with Gasteiger partial charge in [0.05, 0.1) is 5.56 Å². The van der Waals surface area contributed by atoms with Gasteiger partial charge in [0.15, 0.2) is 0 Å². The Labute approximate surface area is 129 Å². The number of hydrogen-bond acceptors (Lipinski definition) is 3. The van der Waals surface area contributed by atoms with Crippen LogP contribution in [0.5, 0.6) is 0 Å². The van der Waals surface area contributed by atoms with E-state index in [1.807, 2.05) is 25.1 Å². The zero-order chi connectivity index (χ0) is 15.0. The average molecular weight is 347 g/mol. The van der Waals surface area contributed by atoms with E-state index in [9.17, 15) is 4.39 Å². The smallest absolute Gasteiger partial charge is 0.230 e. The molecule has 0 atom stereocenters. The number of aryl methyl sites for hydroxylation is 1. The lowest BCUT2D eigenvalue weighted by Gasteiger charge is -2.07. The molecule has 0 unspecified atom stereocenters. The Morgan fingerprint density at radius 1 is 1.10 bits per heavy atom. The molecule has 5 heteroatoms. The van der Waals surface area contributed by atoms with Crippen LogP contribution in [0.2, 0.25) is 0 Å². The quantitative estimate of drug-likeness (QED) is 0.724. The number of nitrogen functional groups attached to an aromatic ring is 1. The molecule has 3 nitrogen and oxygen atoms in total. The molecule has 21 heavy (non-hydrogen) atoms. The van der Waals surface area contributed by atoms with Gasteiger partial charge >= 0.3 is 0 Å². The van der Waals surface area contributed by atoms with Crippen LogP contribution < -0.4 is 5.73 Å². The third-order valence-corrected chi connectivity index (χ3v) is 4.36. The maximum Gasteiger partial charge on any atom is 0.230 e. The van der Waals surface area contributed by atoms with Gasteiger partial charge < -0.3 is 10.3 Å². The Morgan fingerprint density at radius 2 is 1.81 bits per heavy atom. The predicted molar refractivity (Wildman–Crippen MR) is 84.2 cm³/mol. The van der Waals surface area contributed by atoms with Crippen LogP contribution in [0.1, 0.15) is 5.56 Å². The van der Waals surface area contributed by atoms with Crippen molar-refractivity contribution in [3.63, 3.8) is 0 Å². The SMILES string of the molecule is Cc1cccc(-c2noc(N)c2-c2ccccc2F)c1Br. The minimum atomic E-state index is -0.363. The van der Waals surface area contributed by atoms with E-state index in [-0.39, 0.29) is 11.7 Å². The summed E-state index contributed by atoms with van der Waals surface area (Å²) in [5, 5.41) is 4.01. The van der Waals surface area contributed by atoms with Crippen molar-refractivity contribution in [2.45, 2.75) is 6.92 Å². The molecule has 3 aromatic rings. The van der Waals surface area contributed by atoms with Gasteiger partial charge in [-0.1, -0.05) is 41.6 Å². The van der Waals surface area contributed by atoms with Crippen molar-refractivity contribution in [1.29, 1.82) is 0 Å². The van der Waals surface area contributed by atoms with Crippen LogP contribution in [0, 0.1) is 12.7 Å². The number of hydrogen-bond donors (Lipinski definition) is 1. The van der Waals surface area contributed by atoms with E-state index in [1.54, 1.807) is 18.2 Å². The Bertz CT molecular complexity index is 814. The van der Waals surface area contributed by atoms with E-state index >= 15 is 0 Å². The van der Waals surface area contributed by atoms with Crippen molar-refractivity contribution >= 4 is 21.8 Å². The van der Waals surface area contributed by atoms with Crippen molar-refractivity contribution in [3.05, 3.63) is 58.3 Å². The van der Waals surface area contributed by atoms with Crippen molar-refractivity contribution in [1.82, 2.24) is 5.16 Å². The van der Waals surface area contributed by atoms with Gasteiger partial charge in [0.1, 0.15) is 11.5 Å². The zero-order valence-electron chi connectivity index (χ0n) is 11.2. The van der Waals surface area contributed by atoms with Crippen LogP contribution >= 0.6 is 15.9 Å². The minimum Gasteiger partial charge on any atom is -0.367 e. The molecule has 0 aliphatic carbocycles. The lowest BCUT2D eigenvalue weighted by Crippen LogP contribution is -1.91. The summed E-state index contributed by atoms with van der Waals surface area (Å²) in [5.74, 6) is -0.263. The van der Waals surface area contributed by atoms with E-state index in [0.717, 1.165) is 15.6 Å². The fourth-order valence-electron chi connectivity index (χ4n) is 2.24. The van der Waals surface area contributed by atoms with Crippen molar-refractivity contribution in [3.8, 4) is 22.4 Å². The lowest BCUT2D eigenvalue weighted by molar-refractivity contribution is 0.439. The molecular formula is C16H12BrFN2O. The minimum absolute atomic E-state index is 0.100. The summed E-state index contributed by atoms with van der Waals surface area (Å²) in [5.41, 5.74) is 9.09. The van der Waals surface area contributed by atoms with E-state index in [4.69, 9.17) is 10.3 Å². The molecule has 0 spiro atoms. The maximum atomic E-state index is 14.1. The monoisotopic (exact) mass is 346 g/mol. The number of aromatic nitrogens is 1. The first kappa shape index (κ1) is 13.8. The fourth-order valence-corrected chi connectivity index (χ4v) is 2.69. The Morgan fingerprint density at radius 3 is 2.57 bits per heavy atom. The summed E-state index contributed by atoms with van der Waals surface area (Å²) in [6.07, 6.45) is 0. The second-order valence-corrected chi connectivity index (χ2v) is 5.48. The van der Waals surface area contributed by atoms with E-state index < -0.39 is 0 Å². The number of nitrogens with two attached hydrogens (primary N) is 1. The second kappa shape index (κ2) is 5.33. The van der Waals surface area contributed by atoms with Gasteiger partial charge in [0, 0.05) is 15.6 Å². The van der Waals surface area contributed by atoms with Crippen LogP contribution in [-0.4, -0.2) is 5.16 Å². The van der Waals surface area contributed by atoms with Gasteiger partial charge in [-0.2, -0.15) is 0 Å². The molecule has 2 aromatic carbocycles. The van der Waals surface area contributed by atoms with Crippen LogP contribution in [0.3, 0.4) is 0 Å². The molecule has 0 fully saturated rings. The normalized spacial score (nSPS) is 10.8. The standard InChI is InChI=1S/C16H12BrFN2O/c1-9-5-4-7-11(14(9)17)15-13(16(19)21-20-15)10-6-2-3-8-12(10)18/h2-8H,19H2,1H3. The molecule has 2 N–H and O–H groups in total. The third kappa shape index (κ3) is 2.34. The predicted octanol–water partition coefficient (Wildman–Crippen LogP) is 4.80. The molecule has 0 saturated heterocycles. The summed E-state index contributed by atoms with van der Waals surface area (Å²) in [7, 11) is 0. The molecule has 0 aliphatic rings. The van der Waals surface area contributed by atoms with Crippen molar-refractivity contribution < 1.29 is 8.91 Å². The van der Waals surface area contributed by atoms with Gasteiger partial charge in [0.25, 0.3) is 0 Å². The van der Waals surface area contributed by atoms with Crippen LogP contribution in [0.4, 0.5) is 10.3 Å². The number of halogens is 2. The fraction of sp³-hybridized carbons (Fsp3) is 0.0625. The topological polar surface area (TPSA) is 52.0 Å². The molecule has 0 amide bonds. The molecular weight excluding hydrogens is 335 g/mol. The highest BCUT2D eigenvalue weighted by atomic mass is 79.9. The molecule has 0 saturated carbocycles. The molecule has 106 valence electrons. The van der Waals surface area contributed by atoms with Gasteiger partial charge in [0.2, 0.25) is 5.88 Å². The van der Waals surface area contributed by atoms with Crippen molar-refractivity contribution in [2.24, 2.45) is 0 Å². The molecule has 1 heterocycles. The van der Waals surface area contributed by atoms with Gasteiger partial charge in [-0.05, 0) is 34.5 Å². The lowest BCUT2D eigenvalue weighted by atomic mass is 9.99. The number of nitrogens with zero attached hydrogens (tertiary/aromatic N) is 1. The molecule has 0 aliphatic heterocycles. The highest BCUT2D eigenvalue weighted by molar-refractivity contribution is 9.10. The first-order chi connectivity index (χ1) is 10.1. The van der Waals surface area contributed by atoms with E-state index in [0.29, 0.717) is 16.8 Å². The number of rotatable bonds is 2. The van der Waals surface area contributed by atoms with Crippen molar-refractivity contribution in [2.75, 3.05) is 5.73 Å². The van der Waals surface area contributed by atoms with Crippen LogP contribution in [-0.2, 0) is 0 Å². The zero-order valence-corrected chi connectivity index (χ0v) is 12.8. The summed E-state index contributed by atoms with van der Waals surface area (Å²) in [6.45, 7) is 1.97. The third-order valence-electron chi connectivity index (χ3n) is 3.31. The largest absolute Gasteiger partial charge is 0.367 e. The van der Waals surface area contributed by atoms with Crippen LogP contribution in [0.15, 0.2) is 51.5 Å². The molecule has 1 aromatic heterocycles. The molecule has 0 bridgehead atoms. The molecule has 3 rings (SSSR count). The second-order valence-electron chi connectivity index (χ2n) is 4.69.